The van der Waals surface area contributed by atoms with Crippen LogP contribution in [0.25, 0.3) is 0 Å². The molecule has 2 amide bonds. The van der Waals surface area contributed by atoms with Gasteiger partial charge >= 0.3 is 0 Å². The van der Waals surface area contributed by atoms with Gasteiger partial charge in [-0.05, 0) is 18.6 Å². The Kier molecular flexibility index (Phi) is 6.59. The first kappa shape index (κ1) is 16.9. The molecule has 0 aliphatic heterocycles. The molecular weight excluding hydrogens is 271 g/mol. The number of likely N-dealkylation sites (N-methyl/N-ethyl adjacent to an activating group) is 1. The summed E-state index contributed by atoms with van der Waals surface area (Å²) in [4.78, 5) is 25.2. The van der Waals surface area contributed by atoms with Crippen LogP contribution in [0.4, 0.5) is 4.39 Å². The van der Waals surface area contributed by atoms with Gasteiger partial charge in [-0.2, -0.15) is 0 Å². The van der Waals surface area contributed by atoms with E-state index in [4.69, 9.17) is 0 Å². The highest BCUT2D eigenvalue weighted by atomic mass is 19.1. The Morgan fingerprint density at radius 2 is 2.10 bits per heavy atom. The van der Waals surface area contributed by atoms with Crippen molar-refractivity contribution in [2.75, 3.05) is 7.05 Å². The van der Waals surface area contributed by atoms with Crippen molar-refractivity contribution in [1.82, 2.24) is 10.2 Å². The molecule has 0 radical (unpaired) electrons. The summed E-state index contributed by atoms with van der Waals surface area (Å²) in [5.74, 6) is -0.976. The number of benzene rings is 1. The number of carbonyl (C=O) groups excluding carboxylic acids is 2. The summed E-state index contributed by atoms with van der Waals surface area (Å²) in [6.07, 6.45) is 2.41. The number of nitrogens with zero attached hydrogens (tertiary/aromatic N) is 1. The first-order valence-electron chi connectivity index (χ1n) is 6.90. The van der Waals surface area contributed by atoms with E-state index in [0.717, 1.165) is 12.5 Å². The zero-order chi connectivity index (χ0) is 15.8. The van der Waals surface area contributed by atoms with E-state index in [1.165, 1.54) is 11.0 Å². The Labute approximate surface area is 124 Å². The van der Waals surface area contributed by atoms with Crippen LogP contribution in [0.5, 0.6) is 0 Å². The van der Waals surface area contributed by atoms with Crippen molar-refractivity contribution < 1.29 is 14.0 Å². The van der Waals surface area contributed by atoms with E-state index in [1.54, 1.807) is 25.2 Å². The van der Waals surface area contributed by atoms with Crippen molar-refractivity contribution in [3.05, 3.63) is 48.3 Å². The predicted molar refractivity (Wildman–Crippen MR) is 79.9 cm³/mol. The van der Waals surface area contributed by atoms with Gasteiger partial charge in [-0.1, -0.05) is 38.1 Å². The molecule has 0 aliphatic carbocycles. The summed E-state index contributed by atoms with van der Waals surface area (Å²) >= 11 is 0. The normalized spacial score (nSPS) is 11.6. The predicted octanol–water partition coefficient (Wildman–Crippen LogP) is 2.25. The van der Waals surface area contributed by atoms with Gasteiger partial charge in [0.15, 0.2) is 0 Å². The average Bonchev–Trinajstić information content (AvgIpc) is 2.48. The molecular formula is C16H21FN2O2. The highest BCUT2D eigenvalue weighted by Crippen LogP contribution is 2.11. The summed E-state index contributed by atoms with van der Waals surface area (Å²) in [6.45, 7) is 5.46. The van der Waals surface area contributed by atoms with E-state index in [9.17, 15) is 14.0 Å². The molecule has 1 aromatic carbocycles. The second-order valence-electron chi connectivity index (χ2n) is 4.84. The fourth-order valence-electron chi connectivity index (χ4n) is 2.00. The molecule has 0 bridgehead atoms. The summed E-state index contributed by atoms with van der Waals surface area (Å²) < 4.78 is 13.6. The van der Waals surface area contributed by atoms with Gasteiger partial charge in [0, 0.05) is 19.2 Å². The van der Waals surface area contributed by atoms with Crippen molar-refractivity contribution in [3.63, 3.8) is 0 Å². The van der Waals surface area contributed by atoms with E-state index in [-0.39, 0.29) is 24.2 Å². The van der Waals surface area contributed by atoms with Gasteiger partial charge in [-0.25, -0.2) is 4.39 Å². The van der Waals surface area contributed by atoms with Crippen LogP contribution < -0.4 is 5.32 Å². The van der Waals surface area contributed by atoms with Gasteiger partial charge in [-0.3, -0.25) is 9.59 Å². The Bertz CT molecular complexity index is 517. The largest absolute Gasteiger partial charge is 0.341 e. The maximum absolute atomic E-state index is 13.6. The van der Waals surface area contributed by atoms with Crippen LogP contribution >= 0.6 is 0 Å². The van der Waals surface area contributed by atoms with Crippen LogP contribution in [0.15, 0.2) is 36.9 Å². The second kappa shape index (κ2) is 8.19. The topological polar surface area (TPSA) is 49.4 Å². The van der Waals surface area contributed by atoms with Gasteiger partial charge in [0.25, 0.3) is 0 Å². The fourth-order valence-corrected chi connectivity index (χ4v) is 2.00. The minimum atomic E-state index is -0.614. The number of hydrogen-bond acceptors (Lipinski definition) is 2. The summed E-state index contributed by atoms with van der Waals surface area (Å²) in [5, 5.41) is 2.61. The van der Waals surface area contributed by atoms with Crippen molar-refractivity contribution in [2.45, 2.75) is 32.4 Å². The molecule has 0 saturated carbocycles. The molecule has 0 spiro atoms. The third-order valence-corrected chi connectivity index (χ3v) is 3.12. The van der Waals surface area contributed by atoms with E-state index in [0.29, 0.717) is 12.0 Å². The number of halogens is 1. The molecule has 0 aromatic heterocycles. The first-order chi connectivity index (χ1) is 9.99. The molecule has 0 heterocycles. The van der Waals surface area contributed by atoms with Crippen molar-refractivity contribution >= 4 is 11.8 Å². The molecule has 0 aliphatic rings. The summed E-state index contributed by atoms with van der Waals surface area (Å²) in [7, 11) is 1.59. The molecule has 1 aromatic rings. The number of hydrogen-bond donors (Lipinski definition) is 1. The lowest BCUT2D eigenvalue weighted by Crippen LogP contribution is -2.46. The zero-order valence-corrected chi connectivity index (χ0v) is 12.4. The standard InChI is InChI=1S/C16H21FN2O2/c1-4-8-14(18-15(20)5-2)16(21)19(3)11-12-9-6-7-10-13(12)17/h5-7,9-10,14H,2,4,8,11H2,1,3H3,(H,18,20). The average molecular weight is 292 g/mol. The minimum absolute atomic E-state index is 0.162. The van der Waals surface area contributed by atoms with E-state index < -0.39 is 6.04 Å². The number of carbonyl (C=O) groups is 2. The Balaban J connectivity index is 2.76. The molecule has 1 rings (SSSR count). The smallest absolute Gasteiger partial charge is 0.245 e. The number of amides is 2. The molecule has 114 valence electrons. The van der Waals surface area contributed by atoms with E-state index in [2.05, 4.69) is 11.9 Å². The van der Waals surface area contributed by atoms with Crippen LogP contribution in [0, 0.1) is 5.82 Å². The quantitative estimate of drug-likeness (QED) is 0.784. The van der Waals surface area contributed by atoms with Crippen LogP contribution in [0.3, 0.4) is 0 Å². The Morgan fingerprint density at radius 3 is 2.67 bits per heavy atom. The molecule has 4 nitrogen and oxygen atoms in total. The zero-order valence-electron chi connectivity index (χ0n) is 12.4. The van der Waals surface area contributed by atoms with E-state index >= 15 is 0 Å². The highest BCUT2D eigenvalue weighted by molar-refractivity contribution is 5.92. The van der Waals surface area contributed by atoms with Crippen LogP contribution in [-0.4, -0.2) is 29.8 Å². The highest BCUT2D eigenvalue weighted by Gasteiger charge is 2.22. The van der Waals surface area contributed by atoms with Crippen LogP contribution in [-0.2, 0) is 16.1 Å². The molecule has 0 fully saturated rings. The van der Waals surface area contributed by atoms with E-state index in [1.807, 2.05) is 6.92 Å². The fraction of sp³-hybridized carbons (Fsp3) is 0.375. The minimum Gasteiger partial charge on any atom is -0.341 e. The van der Waals surface area contributed by atoms with Gasteiger partial charge in [-0.15, -0.1) is 0 Å². The third kappa shape index (κ3) is 5.02. The maximum Gasteiger partial charge on any atom is 0.245 e. The second-order valence-corrected chi connectivity index (χ2v) is 4.84. The van der Waals surface area contributed by atoms with Gasteiger partial charge in [0.05, 0.1) is 0 Å². The van der Waals surface area contributed by atoms with Crippen molar-refractivity contribution in [3.8, 4) is 0 Å². The lowest BCUT2D eigenvalue weighted by Gasteiger charge is -2.24. The molecule has 0 saturated heterocycles. The Hall–Kier alpha value is -2.17. The molecule has 21 heavy (non-hydrogen) atoms. The Morgan fingerprint density at radius 1 is 1.43 bits per heavy atom. The van der Waals surface area contributed by atoms with Gasteiger partial charge < -0.3 is 10.2 Å². The molecule has 1 unspecified atom stereocenters. The molecule has 1 atom stereocenters. The maximum atomic E-state index is 13.6. The molecule has 5 heteroatoms. The summed E-state index contributed by atoms with van der Waals surface area (Å²) in [6, 6.07) is 5.70. The SMILES string of the molecule is C=CC(=O)NC(CCC)C(=O)N(C)Cc1ccccc1F. The number of nitrogens with one attached hydrogen (secondary N) is 1. The first-order valence-corrected chi connectivity index (χ1v) is 6.90. The van der Waals surface area contributed by atoms with Crippen LogP contribution in [0.1, 0.15) is 25.3 Å². The van der Waals surface area contributed by atoms with Crippen molar-refractivity contribution in [1.29, 1.82) is 0 Å². The lowest BCUT2D eigenvalue weighted by atomic mass is 10.1. The summed E-state index contributed by atoms with van der Waals surface area (Å²) in [5.41, 5.74) is 0.443. The van der Waals surface area contributed by atoms with Gasteiger partial charge in [0.1, 0.15) is 11.9 Å². The van der Waals surface area contributed by atoms with Crippen LogP contribution in [0.2, 0.25) is 0 Å². The molecule has 1 N–H and O–H groups in total. The van der Waals surface area contributed by atoms with Crippen molar-refractivity contribution in [2.24, 2.45) is 0 Å². The third-order valence-electron chi connectivity index (χ3n) is 3.12. The van der Waals surface area contributed by atoms with Gasteiger partial charge in [0.2, 0.25) is 11.8 Å². The lowest BCUT2D eigenvalue weighted by molar-refractivity contribution is -0.135. The number of rotatable bonds is 7. The monoisotopic (exact) mass is 292 g/mol.